The van der Waals surface area contributed by atoms with E-state index in [2.05, 4.69) is 10.3 Å². The summed E-state index contributed by atoms with van der Waals surface area (Å²) in [5, 5.41) is 2.53. The number of fused-ring (bicyclic) bond motifs is 1. The van der Waals surface area contributed by atoms with Crippen molar-refractivity contribution in [1.29, 1.82) is 0 Å². The summed E-state index contributed by atoms with van der Waals surface area (Å²) < 4.78 is 18.7. The molecular formula is C14H9FN2O2. The molecule has 5 heteroatoms. The zero-order chi connectivity index (χ0) is 13.2. The highest BCUT2D eigenvalue weighted by molar-refractivity contribution is 5.83. The molecule has 0 bridgehead atoms. The monoisotopic (exact) mass is 256 g/mol. The van der Waals surface area contributed by atoms with E-state index >= 15 is 0 Å². The van der Waals surface area contributed by atoms with E-state index in [1.54, 1.807) is 30.3 Å². The Balaban J connectivity index is 2.08. The maximum atomic E-state index is 13.2. The Hall–Kier alpha value is -2.69. The van der Waals surface area contributed by atoms with Crippen molar-refractivity contribution >= 4 is 23.2 Å². The molecule has 94 valence electrons. The van der Waals surface area contributed by atoms with E-state index in [1.165, 1.54) is 12.1 Å². The second-order valence-electron chi connectivity index (χ2n) is 3.97. The Kier molecular flexibility index (Phi) is 2.72. The van der Waals surface area contributed by atoms with Gasteiger partial charge in [-0.05, 0) is 30.3 Å². The van der Waals surface area contributed by atoms with Gasteiger partial charge in [-0.15, -0.1) is 0 Å². The van der Waals surface area contributed by atoms with Crippen LogP contribution < -0.4 is 5.32 Å². The number of oxazole rings is 1. The van der Waals surface area contributed by atoms with Gasteiger partial charge in [-0.1, -0.05) is 6.07 Å². The van der Waals surface area contributed by atoms with Crippen molar-refractivity contribution in [3.05, 3.63) is 48.3 Å². The van der Waals surface area contributed by atoms with Gasteiger partial charge in [0.05, 0.1) is 0 Å². The molecule has 3 rings (SSSR count). The maximum Gasteiger partial charge on any atom is 0.227 e. The van der Waals surface area contributed by atoms with Gasteiger partial charge in [-0.25, -0.2) is 9.37 Å². The predicted octanol–water partition coefficient (Wildman–Crippen LogP) is 3.20. The van der Waals surface area contributed by atoms with Crippen LogP contribution in [0.25, 0.3) is 22.6 Å². The summed E-state index contributed by atoms with van der Waals surface area (Å²) in [6.45, 7) is 0. The number of amides is 1. The van der Waals surface area contributed by atoms with Gasteiger partial charge in [0.1, 0.15) is 11.3 Å². The SMILES string of the molecule is O=CNc1ccc2nc(-c3cccc(F)c3)oc2c1. The molecule has 1 N–H and O–H groups in total. The van der Waals surface area contributed by atoms with Crippen molar-refractivity contribution < 1.29 is 13.6 Å². The Labute approximate surface area is 107 Å². The van der Waals surface area contributed by atoms with Crippen LogP contribution in [0.4, 0.5) is 10.1 Å². The van der Waals surface area contributed by atoms with Crippen LogP contribution in [0.15, 0.2) is 46.9 Å². The molecule has 0 spiro atoms. The average molecular weight is 256 g/mol. The highest BCUT2D eigenvalue weighted by atomic mass is 19.1. The Morgan fingerprint density at radius 1 is 1.21 bits per heavy atom. The van der Waals surface area contributed by atoms with Crippen LogP contribution in [0.3, 0.4) is 0 Å². The molecule has 0 fully saturated rings. The number of aromatic nitrogens is 1. The fourth-order valence-electron chi connectivity index (χ4n) is 1.83. The first-order valence-electron chi connectivity index (χ1n) is 5.63. The molecule has 0 unspecified atom stereocenters. The van der Waals surface area contributed by atoms with Crippen LogP contribution in [-0.4, -0.2) is 11.4 Å². The standard InChI is InChI=1S/C14H9FN2O2/c15-10-3-1-2-9(6-10)14-17-12-5-4-11(16-8-18)7-13(12)19-14/h1-8H,(H,16,18). The number of halogens is 1. The number of benzene rings is 2. The Bertz CT molecular complexity index is 752. The van der Waals surface area contributed by atoms with E-state index in [0.29, 0.717) is 34.7 Å². The van der Waals surface area contributed by atoms with Crippen molar-refractivity contribution in [2.45, 2.75) is 0 Å². The maximum absolute atomic E-state index is 13.2. The molecule has 0 radical (unpaired) electrons. The molecule has 19 heavy (non-hydrogen) atoms. The first kappa shape index (κ1) is 11.4. The smallest absolute Gasteiger partial charge is 0.227 e. The third kappa shape index (κ3) is 2.18. The van der Waals surface area contributed by atoms with Crippen LogP contribution in [0.1, 0.15) is 0 Å². The van der Waals surface area contributed by atoms with Gasteiger partial charge in [0.25, 0.3) is 0 Å². The molecule has 1 aromatic heterocycles. The minimum Gasteiger partial charge on any atom is -0.436 e. The van der Waals surface area contributed by atoms with Crippen molar-refractivity contribution in [1.82, 2.24) is 4.98 Å². The fourth-order valence-corrected chi connectivity index (χ4v) is 1.83. The van der Waals surface area contributed by atoms with E-state index in [1.807, 2.05) is 0 Å². The fraction of sp³-hybridized carbons (Fsp3) is 0. The summed E-state index contributed by atoms with van der Waals surface area (Å²) in [6.07, 6.45) is 0.588. The van der Waals surface area contributed by atoms with Crippen molar-refractivity contribution in [2.75, 3.05) is 5.32 Å². The minimum atomic E-state index is -0.344. The average Bonchev–Trinajstić information content (AvgIpc) is 2.82. The number of anilines is 1. The number of hydrogen-bond donors (Lipinski definition) is 1. The normalized spacial score (nSPS) is 10.6. The second-order valence-corrected chi connectivity index (χ2v) is 3.97. The topological polar surface area (TPSA) is 55.1 Å². The number of rotatable bonds is 3. The quantitative estimate of drug-likeness (QED) is 0.732. The molecule has 1 amide bonds. The molecule has 1 heterocycles. The van der Waals surface area contributed by atoms with Gasteiger partial charge >= 0.3 is 0 Å². The van der Waals surface area contributed by atoms with E-state index in [9.17, 15) is 9.18 Å². The van der Waals surface area contributed by atoms with Gasteiger partial charge in [-0.2, -0.15) is 0 Å². The Morgan fingerprint density at radius 3 is 2.89 bits per heavy atom. The lowest BCUT2D eigenvalue weighted by molar-refractivity contribution is -0.105. The third-order valence-electron chi connectivity index (χ3n) is 2.69. The number of hydrogen-bond acceptors (Lipinski definition) is 3. The van der Waals surface area contributed by atoms with Gasteiger partial charge in [-0.3, -0.25) is 4.79 Å². The number of carbonyl (C=O) groups excluding carboxylic acids is 1. The molecule has 0 aliphatic heterocycles. The van der Waals surface area contributed by atoms with E-state index in [0.717, 1.165) is 0 Å². The second kappa shape index (κ2) is 4.53. The Morgan fingerprint density at radius 2 is 2.11 bits per heavy atom. The first-order valence-corrected chi connectivity index (χ1v) is 5.63. The molecule has 0 saturated heterocycles. The van der Waals surface area contributed by atoms with Gasteiger partial charge in [0, 0.05) is 17.3 Å². The molecule has 0 aliphatic carbocycles. The van der Waals surface area contributed by atoms with Crippen molar-refractivity contribution in [2.24, 2.45) is 0 Å². The zero-order valence-corrected chi connectivity index (χ0v) is 9.76. The third-order valence-corrected chi connectivity index (χ3v) is 2.69. The van der Waals surface area contributed by atoms with Gasteiger partial charge in [0.15, 0.2) is 5.58 Å². The highest BCUT2D eigenvalue weighted by Crippen LogP contribution is 2.26. The van der Waals surface area contributed by atoms with Gasteiger partial charge in [0.2, 0.25) is 12.3 Å². The van der Waals surface area contributed by atoms with Crippen LogP contribution in [-0.2, 0) is 4.79 Å². The lowest BCUT2D eigenvalue weighted by atomic mass is 10.2. The molecule has 2 aromatic carbocycles. The molecule has 0 saturated carbocycles. The largest absolute Gasteiger partial charge is 0.436 e. The molecule has 0 atom stereocenters. The van der Waals surface area contributed by atoms with Crippen LogP contribution >= 0.6 is 0 Å². The number of nitrogens with one attached hydrogen (secondary N) is 1. The molecular weight excluding hydrogens is 247 g/mol. The summed E-state index contributed by atoms with van der Waals surface area (Å²) in [7, 11) is 0. The zero-order valence-electron chi connectivity index (χ0n) is 9.76. The highest BCUT2D eigenvalue weighted by Gasteiger charge is 2.09. The summed E-state index contributed by atoms with van der Waals surface area (Å²) in [4.78, 5) is 14.7. The van der Waals surface area contributed by atoms with E-state index < -0.39 is 0 Å². The minimum absolute atomic E-state index is 0.344. The number of nitrogens with zero attached hydrogens (tertiary/aromatic N) is 1. The molecule has 0 aliphatic rings. The van der Waals surface area contributed by atoms with Crippen LogP contribution in [0.2, 0.25) is 0 Å². The summed E-state index contributed by atoms with van der Waals surface area (Å²) in [6, 6.07) is 11.1. The molecule has 4 nitrogen and oxygen atoms in total. The summed E-state index contributed by atoms with van der Waals surface area (Å²) >= 11 is 0. The van der Waals surface area contributed by atoms with E-state index in [-0.39, 0.29) is 5.82 Å². The van der Waals surface area contributed by atoms with Crippen molar-refractivity contribution in [3.63, 3.8) is 0 Å². The summed E-state index contributed by atoms with van der Waals surface area (Å²) in [5.41, 5.74) is 2.37. The predicted molar refractivity (Wildman–Crippen MR) is 69.1 cm³/mol. The first-order chi connectivity index (χ1) is 9.26. The lowest BCUT2D eigenvalue weighted by Gasteiger charge is -1.95. The lowest BCUT2D eigenvalue weighted by Crippen LogP contribution is -1.92. The van der Waals surface area contributed by atoms with Crippen LogP contribution in [0, 0.1) is 5.82 Å². The molecule has 3 aromatic rings. The van der Waals surface area contributed by atoms with E-state index in [4.69, 9.17) is 4.42 Å². The number of carbonyl (C=O) groups is 1. The van der Waals surface area contributed by atoms with Crippen molar-refractivity contribution in [3.8, 4) is 11.5 Å². The van der Waals surface area contributed by atoms with Gasteiger partial charge < -0.3 is 9.73 Å². The summed E-state index contributed by atoms with van der Waals surface area (Å²) in [5.74, 6) is 0.000759. The van der Waals surface area contributed by atoms with Crippen LogP contribution in [0.5, 0.6) is 0 Å².